The van der Waals surface area contributed by atoms with Crippen LogP contribution in [0, 0.1) is 27.7 Å². The first-order valence-corrected chi connectivity index (χ1v) is 15.3. The van der Waals surface area contributed by atoms with Crippen molar-refractivity contribution < 1.29 is 16.8 Å². The lowest BCUT2D eigenvalue weighted by molar-refractivity contribution is 0.596. The highest BCUT2D eigenvalue weighted by atomic mass is 32.2. The molecule has 0 aliphatic heterocycles. The molecule has 2 N–H and O–H groups in total. The first-order valence-electron chi connectivity index (χ1n) is 12.4. The van der Waals surface area contributed by atoms with Crippen molar-refractivity contribution in [1.82, 2.24) is 0 Å². The van der Waals surface area contributed by atoms with Crippen molar-refractivity contribution in [2.45, 2.75) is 37.5 Å². The van der Waals surface area contributed by atoms with Gasteiger partial charge in [0.05, 0.1) is 9.79 Å². The Labute approximate surface area is 235 Å². The van der Waals surface area contributed by atoms with Crippen LogP contribution in [0.25, 0.3) is 0 Å². The number of benzene rings is 4. The fourth-order valence-electron chi connectivity index (χ4n) is 3.56. The molecule has 0 saturated heterocycles. The van der Waals surface area contributed by atoms with Crippen molar-refractivity contribution in [3.8, 4) is 0 Å². The third kappa shape index (κ3) is 7.43. The molecule has 4 rings (SSSR count). The highest BCUT2D eigenvalue weighted by molar-refractivity contribution is 7.91. The second-order valence-corrected chi connectivity index (χ2v) is 12.6. The molecular weight excluding hydrogens is 544 g/mol. The number of aryl methyl sites for hydroxylation is 4. The van der Waals surface area contributed by atoms with E-state index in [4.69, 9.17) is 0 Å². The number of hydrogen-bond acceptors (Lipinski definition) is 4. The molecule has 0 radical (unpaired) electrons. The van der Waals surface area contributed by atoms with E-state index in [2.05, 4.69) is 19.4 Å². The summed E-state index contributed by atoms with van der Waals surface area (Å²) in [6, 6.07) is 26.7. The minimum absolute atomic E-state index is 0.0441. The third-order valence-electron chi connectivity index (χ3n) is 5.91. The van der Waals surface area contributed by atoms with Gasteiger partial charge in [-0.3, -0.25) is 0 Å². The van der Waals surface area contributed by atoms with Gasteiger partial charge in [0.2, 0.25) is 0 Å². The van der Waals surface area contributed by atoms with Crippen molar-refractivity contribution in [2.24, 2.45) is 8.80 Å². The zero-order valence-electron chi connectivity index (χ0n) is 22.6. The maximum absolute atomic E-state index is 13.4. The molecule has 0 saturated carbocycles. The zero-order valence-corrected chi connectivity index (χ0v) is 24.2. The minimum atomic E-state index is -4.26. The fraction of sp³-hybridized carbons (Fsp3) is 0.133. The Bertz CT molecular complexity index is 1630. The predicted molar refractivity (Wildman–Crippen MR) is 161 cm³/mol. The quantitative estimate of drug-likeness (QED) is 0.215. The summed E-state index contributed by atoms with van der Waals surface area (Å²) in [5.74, 6) is -0.582. The van der Waals surface area contributed by atoms with Crippen LogP contribution in [0.15, 0.2) is 116 Å². The molecule has 4 aromatic carbocycles. The van der Waals surface area contributed by atoms with E-state index in [9.17, 15) is 16.8 Å². The Morgan fingerprint density at radius 3 is 0.975 bits per heavy atom. The summed E-state index contributed by atoms with van der Waals surface area (Å²) in [6.45, 7) is 7.52. The van der Waals surface area contributed by atoms with Crippen molar-refractivity contribution in [1.29, 1.82) is 0 Å². The largest absolute Gasteiger partial charge is 0.336 e. The smallest absolute Gasteiger partial charge is 0.284 e. The second-order valence-electron chi connectivity index (χ2n) is 9.44. The normalized spacial score (nSPS) is 12.7. The molecule has 4 aromatic rings. The van der Waals surface area contributed by atoms with E-state index in [1.165, 1.54) is 24.3 Å². The maximum atomic E-state index is 13.4. The van der Waals surface area contributed by atoms with E-state index in [0.717, 1.165) is 22.3 Å². The van der Waals surface area contributed by atoms with Crippen LogP contribution < -0.4 is 10.6 Å². The lowest BCUT2D eigenvalue weighted by Gasteiger charge is -2.15. The monoisotopic (exact) mass is 574 g/mol. The summed E-state index contributed by atoms with van der Waals surface area (Å²) in [7, 11) is -8.53. The molecule has 0 fully saturated rings. The molecule has 0 unspecified atom stereocenters. The predicted octanol–water partition coefficient (Wildman–Crippen LogP) is 6.02. The fourth-order valence-corrected chi connectivity index (χ4v) is 5.48. The molecule has 206 valence electrons. The van der Waals surface area contributed by atoms with Gasteiger partial charge in [0.1, 0.15) is 0 Å². The molecule has 0 bridgehead atoms. The first kappa shape index (κ1) is 28.7. The highest BCUT2D eigenvalue weighted by Gasteiger charge is 2.22. The summed E-state index contributed by atoms with van der Waals surface area (Å²) in [4.78, 5) is -0.0882. The molecule has 0 aliphatic carbocycles. The minimum Gasteiger partial charge on any atom is -0.336 e. The van der Waals surface area contributed by atoms with Gasteiger partial charge < -0.3 is 10.6 Å². The van der Waals surface area contributed by atoms with E-state index < -0.39 is 20.0 Å². The number of amidine groups is 2. The van der Waals surface area contributed by atoms with Gasteiger partial charge in [-0.05, 0) is 76.2 Å². The standard InChI is InChI=1S/C30H30N4O4S2/c1-21-5-13-25(14-6-21)31-29(33-39(35,36)27-17-9-23(3)10-18-27)30(32-26-15-7-22(2)8-16-26)34-40(37,38)28-19-11-24(4)12-20-28/h5-20H,1-4H3,(H,31,33)(H,32,34). The number of sulfonamides is 2. The molecule has 0 spiro atoms. The summed E-state index contributed by atoms with van der Waals surface area (Å²) >= 11 is 0. The van der Waals surface area contributed by atoms with Crippen LogP contribution in [0.5, 0.6) is 0 Å². The van der Waals surface area contributed by atoms with Gasteiger partial charge in [0.25, 0.3) is 20.0 Å². The molecule has 40 heavy (non-hydrogen) atoms. The van der Waals surface area contributed by atoms with E-state index >= 15 is 0 Å². The van der Waals surface area contributed by atoms with E-state index in [1.807, 2.05) is 52.0 Å². The Kier molecular flexibility index (Phi) is 8.51. The first-order chi connectivity index (χ1) is 18.9. The zero-order chi connectivity index (χ0) is 28.9. The summed E-state index contributed by atoms with van der Waals surface area (Å²) in [5.41, 5.74) is 4.74. The van der Waals surface area contributed by atoms with Gasteiger partial charge in [0, 0.05) is 11.4 Å². The molecule has 8 nitrogen and oxygen atoms in total. The molecule has 0 aliphatic rings. The molecular formula is C30H30N4O4S2. The Hall–Kier alpha value is -4.28. The van der Waals surface area contributed by atoms with Crippen molar-refractivity contribution >= 4 is 43.1 Å². The van der Waals surface area contributed by atoms with Crippen molar-refractivity contribution in [2.75, 3.05) is 10.6 Å². The third-order valence-corrected chi connectivity index (χ3v) is 8.50. The lowest BCUT2D eigenvalue weighted by atomic mass is 10.2. The Morgan fingerprint density at radius 2 is 0.700 bits per heavy atom. The summed E-state index contributed by atoms with van der Waals surface area (Å²) < 4.78 is 61.8. The van der Waals surface area contributed by atoms with Gasteiger partial charge in [-0.2, -0.15) is 16.8 Å². The van der Waals surface area contributed by atoms with Gasteiger partial charge in [0.15, 0.2) is 11.7 Å². The molecule has 10 heteroatoms. The van der Waals surface area contributed by atoms with Crippen LogP contribution in [-0.2, 0) is 20.0 Å². The molecule has 0 atom stereocenters. The van der Waals surface area contributed by atoms with Crippen LogP contribution in [0.3, 0.4) is 0 Å². The average molecular weight is 575 g/mol. The number of nitrogens with one attached hydrogen (secondary N) is 2. The molecule has 0 heterocycles. The SMILES string of the molecule is Cc1ccc(NC(=NS(=O)(=O)c2ccc(C)cc2)C(=NS(=O)(=O)c2ccc(C)cc2)Nc2ccc(C)cc2)cc1. The van der Waals surface area contributed by atoms with Crippen molar-refractivity contribution in [3.63, 3.8) is 0 Å². The van der Waals surface area contributed by atoms with Crippen LogP contribution in [0.1, 0.15) is 22.3 Å². The van der Waals surface area contributed by atoms with Crippen LogP contribution in [0.4, 0.5) is 11.4 Å². The average Bonchev–Trinajstić information content (AvgIpc) is 2.91. The Balaban J connectivity index is 1.91. The van der Waals surface area contributed by atoms with Crippen molar-refractivity contribution in [3.05, 3.63) is 119 Å². The summed E-state index contributed by atoms with van der Waals surface area (Å²) in [5, 5.41) is 5.94. The maximum Gasteiger partial charge on any atom is 0.284 e. The second kappa shape index (κ2) is 11.8. The van der Waals surface area contributed by atoms with Gasteiger partial charge in [-0.25, -0.2) is 0 Å². The number of nitrogens with zero attached hydrogens (tertiary/aromatic N) is 2. The Morgan fingerprint density at radius 1 is 0.450 bits per heavy atom. The van der Waals surface area contributed by atoms with E-state index in [-0.39, 0.29) is 21.5 Å². The number of anilines is 2. The van der Waals surface area contributed by atoms with Gasteiger partial charge in [-0.15, -0.1) is 8.80 Å². The summed E-state index contributed by atoms with van der Waals surface area (Å²) in [6.07, 6.45) is 0. The van der Waals surface area contributed by atoms with Gasteiger partial charge >= 0.3 is 0 Å². The van der Waals surface area contributed by atoms with E-state index in [1.54, 1.807) is 48.5 Å². The van der Waals surface area contributed by atoms with E-state index in [0.29, 0.717) is 11.4 Å². The van der Waals surface area contributed by atoms with Crippen LogP contribution in [-0.4, -0.2) is 28.5 Å². The van der Waals surface area contributed by atoms with Crippen LogP contribution in [0.2, 0.25) is 0 Å². The molecule has 0 amide bonds. The lowest BCUT2D eigenvalue weighted by Crippen LogP contribution is -2.32. The number of rotatable bonds is 6. The molecule has 0 aromatic heterocycles. The van der Waals surface area contributed by atoms with Crippen LogP contribution >= 0.6 is 0 Å². The van der Waals surface area contributed by atoms with Gasteiger partial charge in [-0.1, -0.05) is 70.8 Å². The highest BCUT2D eigenvalue weighted by Crippen LogP contribution is 2.19. The topological polar surface area (TPSA) is 117 Å². The number of hydrogen-bond donors (Lipinski definition) is 2.